The first-order valence-corrected chi connectivity index (χ1v) is 4.93. The lowest BCUT2D eigenvalue weighted by Gasteiger charge is -2.26. The van der Waals surface area contributed by atoms with Gasteiger partial charge in [0.15, 0.2) is 0 Å². The molecule has 0 aliphatic carbocycles. The highest BCUT2D eigenvalue weighted by Crippen LogP contribution is 2.29. The number of halogens is 2. The van der Waals surface area contributed by atoms with E-state index in [-0.39, 0.29) is 17.7 Å². The Balaban J connectivity index is 3.09. The van der Waals surface area contributed by atoms with Crippen LogP contribution in [0.15, 0.2) is 12.1 Å². The number of aliphatic hydroxyl groups excluding tert-OH is 1. The molecule has 1 unspecified atom stereocenters. The summed E-state index contributed by atoms with van der Waals surface area (Å²) in [5.41, 5.74) is 6.63. The maximum absolute atomic E-state index is 13.2. The van der Waals surface area contributed by atoms with Crippen LogP contribution in [0.25, 0.3) is 0 Å². The van der Waals surface area contributed by atoms with Gasteiger partial charge in [-0.2, -0.15) is 0 Å². The van der Waals surface area contributed by atoms with E-state index >= 15 is 0 Å². The molecule has 0 aliphatic heterocycles. The molecule has 0 saturated heterocycles. The number of aliphatic hydroxyl groups is 1. The number of likely N-dealkylation sites (N-methyl/N-ethyl adjacent to an activating group) is 1. The van der Waals surface area contributed by atoms with Crippen molar-refractivity contribution in [3.05, 3.63) is 23.0 Å². The summed E-state index contributed by atoms with van der Waals surface area (Å²) in [6.07, 6.45) is 0. The van der Waals surface area contributed by atoms with Gasteiger partial charge in [0.2, 0.25) is 0 Å². The van der Waals surface area contributed by atoms with Gasteiger partial charge < -0.3 is 15.7 Å². The Morgan fingerprint density at radius 3 is 2.73 bits per heavy atom. The Morgan fingerprint density at radius 2 is 2.20 bits per heavy atom. The lowest BCUT2D eigenvalue weighted by molar-refractivity contribution is 0.270. The molecular weight excluding hydrogens is 219 g/mol. The molecule has 1 atom stereocenters. The van der Waals surface area contributed by atoms with E-state index in [2.05, 4.69) is 0 Å². The molecule has 0 spiro atoms. The van der Waals surface area contributed by atoms with Gasteiger partial charge in [0.25, 0.3) is 0 Å². The van der Waals surface area contributed by atoms with Gasteiger partial charge in [-0.15, -0.1) is 0 Å². The van der Waals surface area contributed by atoms with Crippen LogP contribution in [0.4, 0.5) is 15.8 Å². The molecule has 1 aromatic rings. The Labute approximate surface area is 93.3 Å². The molecule has 0 amide bonds. The Bertz CT molecular complexity index is 360. The van der Waals surface area contributed by atoms with Gasteiger partial charge in [-0.05, 0) is 13.0 Å². The van der Waals surface area contributed by atoms with E-state index in [0.717, 1.165) is 0 Å². The second kappa shape index (κ2) is 4.68. The van der Waals surface area contributed by atoms with Crippen LogP contribution in [-0.4, -0.2) is 24.8 Å². The summed E-state index contributed by atoms with van der Waals surface area (Å²) in [4.78, 5) is 1.70. The highest BCUT2D eigenvalue weighted by atomic mass is 35.5. The SMILES string of the molecule is CC(CO)N(C)c1cc(F)c(Cl)cc1N. The van der Waals surface area contributed by atoms with Crippen molar-refractivity contribution in [2.45, 2.75) is 13.0 Å². The van der Waals surface area contributed by atoms with Gasteiger partial charge in [0.05, 0.1) is 23.0 Å². The van der Waals surface area contributed by atoms with E-state index in [9.17, 15) is 4.39 Å². The van der Waals surface area contributed by atoms with E-state index in [4.69, 9.17) is 22.4 Å². The number of hydrogen-bond donors (Lipinski definition) is 2. The zero-order valence-corrected chi connectivity index (χ0v) is 9.42. The highest BCUT2D eigenvalue weighted by Gasteiger charge is 2.14. The zero-order valence-electron chi connectivity index (χ0n) is 8.67. The minimum atomic E-state index is -0.516. The van der Waals surface area contributed by atoms with Crippen LogP contribution >= 0.6 is 11.6 Å². The van der Waals surface area contributed by atoms with E-state index in [0.29, 0.717) is 11.4 Å². The molecule has 0 aromatic heterocycles. The predicted octanol–water partition coefficient (Wildman–Crippen LogP) is 1.88. The Hall–Kier alpha value is -1.00. The molecule has 1 rings (SSSR count). The monoisotopic (exact) mass is 232 g/mol. The minimum Gasteiger partial charge on any atom is -0.397 e. The normalized spacial score (nSPS) is 12.6. The second-order valence-corrected chi connectivity index (χ2v) is 3.87. The van der Waals surface area contributed by atoms with Crippen molar-refractivity contribution < 1.29 is 9.50 Å². The van der Waals surface area contributed by atoms with Crippen molar-refractivity contribution in [3.8, 4) is 0 Å². The first-order valence-electron chi connectivity index (χ1n) is 4.55. The topological polar surface area (TPSA) is 49.5 Å². The fourth-order valence-electron chi connectivity index (χ4n) is 1.22. The standard InChI is InChI=1S/C10H14ClFN2O/c1-6(5-15)14(2)10-4-8(12)7(11)3-9(10)13/h3-4,6,15H,5,13H2,1-2H3. The van der Waals surface area contributed by atoms with Crippen molar-refractivity contribution >= 4 is 23.0 Å². The molecule has 0 heterocycles. The fourth-order valence-corrected chi connectivity index (χ4v) is 1.39. The zero-order chi connectivity index (χ0) is 11.6. The van der Waals surface area contributed by atoms with Crippen molar-refractivity contribution in [2.75, 3.05) is 24.3 Å². The van der Waals surface area contributed by atoms with E-state index in [1.807, 2.05) is 6.92 Å². The van der Waals surface area contributed by atoms with E-state index in [1.165, 1.54) is 12.1 Å². The van der Waals surface area contributed by atoms with Crippen molar-refractivity contribution in [3.63, 3.8) is 0 Å². The molecule has 1 aromatic carbocycles. The van der Waals surface area contributed by atoms with Gasteiger partial charge in [-0.3, -0.25) is 0 Å². The summed E-state index contributed by atoms with van der Waals surface area (Å²) in [6, 6.07) is 2.50. The molecule has 5 heteroatoms. The lowest BCUT2D eigenvalue weighted by atomic mass is 10.2. The molecule has 0 aliphatic rings. The third-order valence-corrected chi connectivity index (χ3v) is 2.66. The first kappa shape index (κ1) is 12.1. The summed E-state index contributed by atoms with van der Waals surface area (Å²) in [5, 5.41) is 8.98. The average Bonchev–Trinajstić information content (AvgIpc) is 2.21. The van der Waals surface area contributed by atoms with Crippen molar-refractivity contribution in [2.24, 2.45) is 0 Å². The number of hydrogen-bond acceptors (Lipinski definition) is 3. The summed E-state index contributed by atoms with van der Waals surface area (Å²) in [6.45, 7) is 1.78. The van der Waals surface area contributed by atoms with Crippen LogP contribution in [0.3, 0.4) is 0 Å². The number of benzene rings is 1. The summed E-state index contributed by atoms with van der Waals surface area (Å²) < 4.78 is 13.2. The van der Waals surface area contributed by atoms with Crippen LogP contribution in [0.5, 0.6) is 0 Å². The van der Waals surface area contributed by atoms with Crippen LogP contribution in [-0.2, 0) is 0 Å². The first-order chi connectivity index (χ1) is 6.97. The number of nitrogens with zero attached hydrogens (tertiary/aromatic N) is 1. The summed E-state index contributed by atoms with van der Waals surface area (Å²) in [7, 11) is 1.74. The Kier molecular flexibility index (Phi) is 3.77. The predicted molar refractivity (Wildman–Crippen MR) is 60.8 cm³/mol. The fraction of sp³-hybridized carbons (Fsp3) is 0.400. The molecule has 3 nitrogen and oxygen atoms in total. The van der Waals surface area contributed by atoms with Gasteiger partial charge in [0, 0.05) is 19.2 Å². The molecule has 3 N–H and O–H groups in total. The largest absolute Gasteiger partial charge is 0.397 e. The third-order valence-electron chi connectivity index (χ3n) is 2.37. The van der Waals surface area contributed by atoms with Crippen LogP contribution in [0.1, 0.15) is 6.92 Å². The molecule has 0 radical (unpaired) electrons. The minimum absolute atomic E-state index is 0.00121. The lowest BCUT2D eigenvalue weighted by Crippen LogP contribution is -2.32. The van der Waals surface area contributed by atoms with Crippen LogP contribution in [0, 0.1) is 5.82 Å². The van der Waals surface area contributed by atoms with Crippen LogP contribution < -0.4 is 10.6 Å². The third kappa shape index (κ3) is 2.52. The van der Waals surface area contributed by atoms with Gasteiger partial charge in [-0.25, -0.2) is 4.39 Å². The maximum atomic E-state index is 13.2. The van der Waals surface area contributed by atoms with E-state index < -0.39 is 5.82 Å². The van der Waals surface area contributed by atoms with Crippen molar-refractivity contribution in [1.29, 1.82) is 0 Å². The van der Waals surface area contributed by atoms with Gasteiger partial charge >= 0.3 is 0 Å². The molecule has 0 saturated carbocycles. The second-order valence-electron chi connectivity index (χ2n) is 3.47. The molecule has 0 fully saturated rings. The summed E-state index contributed by atoms with van der Waals surface area (Å²) in [5.74, 6) is -0.516. The smallest absolute Gasteiger partial charge is 0.144 e. The summed E-state index contributed by atoms with van der Waals surface area (Å²) >= 11 is 5.58. The molecule has 15 heavy (non-hydrogen) atoms. The number of nitrogens with two attached hydrogens (primary N) is 1. The van der Waals surface area contributed by atoms with Crippen molar-refractivity contribution in [1.82, 2.24) is 0 Å². The average molecular weight is 233 g/mol. The van der Waals surface area contributed by atoms with E-state index in [1.54, 1.807) is 11.9 Å². The molecule has 84 valence electrons. The number of nitrogen functional groups attached to an aromatic ring is 1. The maximum Gasteiger partial charge on any atom is 0.144 e. The molecule has 0 bridgehead atoms. The van der Waals surface area contributed by atoms with Crippen LogP contribution in [0.2, 0.25) is 5.02 Å². The quantitative estimate of drug-likeness (QED) is 0.783. The number of rotatable bonds is 3. The van der Waals surface area contributed by atoms with Gasteiger partial charge in [0.1, 0.15) is 5.82 Å². The highest BCUT2D eigenvalue weighted by molar-refractivity contribution is 6.31. The number of anilines is 2. The Morgan fingerprint density at radius 1 is 1.60 bits per heavy atom. The molecular formula is C10H14ClFN2O. The van der Waals surface area contributed by atoms with Gasteiger partial charge in [-0.1, -0.05) is 11.6 Å².